The number of carbonyl (C=O) groups excluding carboxylic acids is 2. The van der Waals surface area contributed by atoms with Gasteiger partial charge in [-0.25, -0.2) is 4.98 Å². The van der Waals surface area contributed by atoms with Gasteiger partial charge >= 0.3 is 0 Å². The molecule has 1 aromatic carbocycles. The lowest BCUT2D eigenvalue weighted by atomic mass is 9.86. The molecule has 11 heteroatoms. The average Bonchev–Trinajstić information content (AvgIpc) is 3.77. The fraction of sp³-hybridized carbons (Fsp3) is 0.600. The number of aliphatic hydroxyl groups excluding tert-OH is 1. The fourth-order valence-electron chi connectivity index (χ4n) is 7.27. The number of carbonyl (C=O) groups is 2. The highest BCUT2D eigenvalue weighted by Crippen LogP contribution is 2.35. The van der Waals surface area contributed by atoms with Crippen molar-refractivity contribution in [1.29, 1.82) is 0 Å². The number of likely N-dealkylation sites (tertiary alicyclic amines) is 1. The van der Waals surface area contributed by atoms with Gasteiger partial charge < -0.3 is 30.1 Å². The number of β-amino-alcohol motifs (C(OH)–C–C–N with tert-alkyl or cyclic N) is 1. The molecule has 3 aliphatic rings. The largest absolute Gasteiger partial charge is 0.391 e. The zero-order chi connectivity index (χ0) is 32.4. The summed E-state index contributed by atoms with van der Waals surface area (Å²) in [6.07, 6.45) is 4.54. The second-order valence-electron chi connectivity index (χ2n) is 13.9. The maximum Gasteiger partial charge on any atom is 0.243 e. The highest BCUT2D eigenvalue weighted by molar-refractivity contribution is 7.13. The molecule has 3 saturated heterocycles. The van der Waals surface area contributed by atoms with E-state index in [9.17, 15) is 14.7 Å². The number of nitrogens with one attached hydrogen (secondary N) is 2. The van der Waals surface area contributed by atoms with E-state index >= 15 is 0 Å². The molecule has 4 atom stereocenters. The monoisotopic (exact) mass is 648 g/mol. The third kappa shape index (κ3) is 7.16. The van der Waals surface area contributed by atoms with Crippen molar-refractivity contribution in [2.24, 2.45) is 17.8 Å². The van der Waals surface area contributed by atoms with E-state index in [1.165, 1.54) is 30.6 Å². The third-order valence-electron chi connectivity index (χ3n) is 10.1. The first-order chi connectivity index (χ1) is 22.2. The van der Waals surface area contributed by atoms with Crippen LogP contribution in [-0.4, -0.2) is 76.8 Å². The normalized spacial score (nSPS) is 22.2. The first-order valence-electron chi connectivity index (χ1n) is 16.9. The Balaban J connectivity index is 1.06. The van der Waals surface area contributed by atoms with Gasteiger partial charge in [0.05, 0.1) is 28.2 Å². The van der Waals surface area contributed by atoms with Crippen LogP contribution in [0.5, 0.6) is 0 Å². The third-order valence-corrected chi connectivity index (χ3v) is 11.1. The van der Waals surface area contributed by atoms with Crippen LogP contribution in [-0.2, 0) is 9.59 Å². The van der Waals surface area contributed by atoms with Crippen LogP contribution in [0.4, 0.5) is 5.82 Å². The molecule has 3 aromatic rings. The zero-order valence-corrected chi connectivity index (χ0v) is 28.3. The summed E-state index contributed by atoms with van der Waals surface area (Å²) in [4.78, 5) is 36.9. The van der Waals surface area contributed by atoms with Gasteiger partial charge in [-0.05, 0) is 81.5 Å². The Morgan fingerprint density at radius 3 is 2.48 bits per heavy atom. The molecule has 3 N–H and O–H groups in total. The number of rotatable bonds is 11. The fourth-order valence-corrected chi connectivity index (χ4v) is 8.08. The molecular weight excluding hydrogens is 600 g/mol. The Kier molecular flexibility index (Phi) is 10.1. The maximum atomic E-state index is 14.1. The van der Waals surface area contributed by atoms with Gasteiger partial charge in [-0.3, -0.25) is 9.59 Å². The number of hydrogen-bond acceptors (Lipinski definition) is 9. The van der Waals surface area contributed by atoms with Gasteiger partial charge in [-0.1, -0.05) is 43.3 Å². The van der Waals surface area contributed by atoms with E-state index in [1.54, 1.807) is 11.3 Å². The highest BCUT2D eigenvalue weighted by Gasteiger charge is 2.44. The number of aliphatic hydroxyl groups is 1. The van der Waals surface area contributed by atoms with Crippen molar-refractivity contribution in [3.05, 3.63) is 52.9 Å². The predicted molar refractivity (Wildman–Crippen MR) is 180 cm³/mol. The average molecular weight is 649 g/mol. The first kappa shape index (κ1) is 32.7. The lowest BCUT2D eigenvalue weighted by molar-refractivity contribution is -0.141. The Morgan fingerprint density at radius 1 is 1.09 bits per heavy atom. The van der Waals surface area contributed by atoms with Crippen molar-refractivity contribution in [3.63, 3.8) is 0 Å². The molecule has 10 nitrogen and oxygen atoms in total. The summed E-state index contributed by atoms with van der Waals surface area (Å²) < 4.78 is 5.79. The summed E-state index contributed by atoms with van der Waals surface area (Å²) in [5.41, 5.74) is 4.89. The van der Waals surface area contributed by atoms with Crippen LogP contribution < -0.4 is 15.5 Å². The lowest BCUT2D eigenvalue weighted by Gasteiger charge is -2.40. The van der Waals surface area contributed by atoms with E-state index in [0.717, 1.165) is 59.6 Å². The number of benzene rings is 1. The lowest BCUT2D eigenvalue weighted by Crippen LogP contribution is -2.48. The zero-order valence-electron chi connectivity index (χ0n) is 27.4. The molecule has 0 radical (unpaired) electrons. The second kappa shape index (κ2) is 14.2. The van der Waals surface area contributed by atoms with Gasteiger partial charge in [0.25, 0.3) is 0 Å². The number of piperidine rings is 1. The SMILES string of the molecule is Cc1ncsc1-c1ccc(C(C)NC(=O)[C@@H]2C[C@@H](O)CN2C(=O)C(c2cc(N3CC(CCC4CCNCC4)C3)no2)C(C)C)cc1. The van der Waals surface area contributed by atoms with Crippen LogP contribution in [0.15, 0.2) is 40.4 Å². The molecule has 46 heavy (non-hydrogen) atoms. The smallest absolute Gasteiger partial charge is 0.243 e. The van der Waals surface area contributed by atoms with Crippen molar-refractivity contribution in [3.8, 4) is 10.4 Å². The molecule has 3 fully saturated rings. The molecule has 0 bridgehead atoms. The number of thiazole rings is 1. The molecule has 0 saturated carbocycles. The van der Waals surface area contributed by atoms with Gasteiger partial charge in [0.1, 0.15) is 12.0 Å². The molecule has 5 heterocycles. The van der Waals surface area contributed by atoms with Crippen LogP contribution >= 0.6 is 11.3 Å². The van der Waals surface area contributed by atoms with Crippen LogP contribution in [0.25, 0.3) is 10.4 Å². The predicted octanol–water partition coefficient (Wildman–Crippen LogP) is 4.90. The minimum absolute atomic E-state index is 0.0801. The standard InChI is InChI=1S/C35H48N6O4S/c1-21(2)32(30-16-31(39-45-30)40-17-25(18-40)6-5-24-11-13-36-14-12-24)35(44)41-19-28(42)15-29(41)34(43)38-22(3)26-7-9-27(10-8-26)33-23(4)37-20-46-33/h7-10,16,20-22,24-25,28-29,32,36,42H,5-6,11-15,17-19H2,1-4H3,(H,38,43)/t22?,28-,29+,32?/m1/s1. The Hall–Kier alpha value is -3.28. The Bertz CT molecular complexity index is 1480. The number of anilines is 1. The van der Waals surface area contributed by atoms with Crippen molar-refractivity contribution in [1.82, 2.24) is 25.7 Å². The van der Waals surface area contributed by atoms with Gasteiger partial charge in [-0.2, -0.15) is 0 Å². The van der Waals surface area contributed by atoms with Crippen molar-refractivity contribution < 1.29 is 19.2 Å². The highest BCUT2D eigenvalue weighted by atomic mass is 32.1. The molecule has 2 aromatic heterocycles. The molecule has 0 aliphatic carbocycles. The van der Waals surface area contributed by atoms with Crippen molar-refractivity contribution in [2.75, 3.05) is 37.6 Å². The minimum Gasteiger partial charge on any atom is -0.391 e. The van der Waals surface area contributed by atoms with E-state index in [4.69, 9.17) is 4.52 Å². The number of hydrogen-bond donors (Lipinski definition) is 3. The van der Waals surface area contributed by atoms with E-state index in [-0.39, 0.29) is 36.7 Å². The van der Waals surface area contributed by atoms with Crippen molar-refractivity contribution >= 4 is 29.0 Å². The summed E-state index contributed by atoms with van der Waals surface area (Å²) in [6.45, 7) is 12.2. The molecular formula is C35H48N6O4S. The molecule has 6 rings (SSSR count). The maximum absolute atomic E-state index is 14.1. The van der Waals surface area contributed by atoms with Crippen LogP contribution in [0.2, 0.25) is 0 Å². The Labute approximate surface area is 275 Å². The van der Waals surface area contributed by atoms with E-state index in [1.807, 2.05) is 63.5 Å². The molecule has 2 unspecified atom stereocenters. The van der Waals surface area contributed by atoms with E-state index in [2.05, 4.69) is 25.7 Å². The second-order valence-corrected chi connectivity index (χ2v) is 14.7. The molecule has 2 amide bonds. The van der Waals surface area contributed by atoms with Crippen LogP contribution in [0.1, 0.15) is 81.9 Å². The number of nitrogens with zero attached hydrogens (tertiary/aromatic N) is 4. The Morgan fingerprint density at radius 2 is 1.80 bits per heavy atom. The minimum atomic E-state index is -0.766. The number of aryl methyl sites for hydroxylation is 1. The van der Waals surface area contributed by atoms with Gasteiger partial charge in [-0.15, -0.1) is 11.3 Å². The summed E-state index contributed by atoms with van der Waals surface area (Å²) >= 11 is 1.61. The van der Waals surface area contributed by atoms with Gasteiger partial charge in [0, 0.05) is 32.1 Å². The van der Waals surface area contributed by atoms with Crippen LogP contribution in [0.3, 0.4) is 0 Å². The van der Waals surface area contributed by atoms with Gasteiger partial charge in [0.15, 0.2) is 11.6 Å². The topological polar surface area (TPSA) is 124 Å². The summed E-state index contributed by atoms with van der Waals surface area (Å²) in [6, 6.07) is 8.98. The van der Waals surface area contributed by atoms with Crippen molar-refractivity contribution in [2.45, 2.75) is 83.9 Å². The summed E-state index contributed by atoms with van der Waals surface area (Å²) in [5, 5.41) is 21.5. The number of amides is 2. The van der Waals surface area contributed by atoms with Gasteiger partial charge in [0.2, 0.25) is 11.8 Å². The summed E-state index contributed by atoms with van der Waals surface area (Å²) in [7, 11) is 0. The summed E-state index contributed by atoms with van der Waals surface area (Å²) in [5.74, 6) is 1.64. The molecule has 248 valence electrons. The molecule has 0 spiro atoms. The van der Waals surface area contributed by atoms with E-state index in [0.29, 0.717) is 11.7 Å². The molecule has 3 aliphatic heterocycles. The van der Waals surface area contributed by atoms with E-state index < -0.39 is 18.1 Å². The van der Waals surface area contributed by atoms with Crippen LogP contribution in [0, 0.1) is 24.7 Å². The quantitative estimate of drug-likeness (QED) is 0.268. The number of aromatic nitrogens is 2. The first-order valence-corrected chi connectivity index (χ1v) is 17.8.